The van der Waals surface area contributed by atoms with E-state index in [1.165, 1.54) is 0 Å². The van der Waals surface area contributed by atoms with Gasteiger partial charge in [0.2, 0.25) is 0 Å². The van der Waals surface area contributed by atoms with E-state index in [2.05, 4.69) is 10.6 Å². The molecule has 2 aromatic carbocycles. The van der Waals surface area contributed by atoms with Crippen molar-refractivity contribution < 1.29 is 4.79 Å². The molecule has 0 saturated heterocycles. The second-order valence-corrected chi connectivity index (χ2v) is 6.14. The third kappa shape index (κ3) is 3.28. The largest absolute Gasteiger partial charge is 0.351 e. The highest BCUT2D eigenvalue weighted by atomic mass is 35.5. The normalized spacial score (nSPS) is 17.5. The molecule has 3 nitrogen and oxygen atoms in total. The number of nitrogens with one attached hydrogen (secondary N) is 2. The van der Waals surface area contributed by atoms with E-state index in [9.17, 15) is 4.79 Å². The topological polar surface area (TPSA) is 41.1 Å². The van der Waals surface area contributed by atoms with Gasteiger partial charge in [-0.05, 0) is 42.4 Å². The summed E-state index contributed by atoms with van der Waals surface area (Å²) in [5, 5.41) is 7.46. The first-order valence-corrected chi connectivity index (χ1v) is 7.98. The predicted octanol–water partition coefficient (Wildman–Crippen LogP) is 3.86. The van der Waals surface area contributed by atoms with E-state index in [0.717, 1.165) is 16.8 Å². The molecule has 0 bridgehead atoms. The number of halogens is 1. The molecule has 2 N–H and O–H groups in total. The van der Waals surface area contributed by atoms with E-state index in [0.29, 0.717) is 15.7 Å². The van der Waals surface area contributed by atoms with Crippen LogP contribution in [0.15, 0.2) is 60.2 Å². The third-order valence-electron chi connectivity index (χ3n) is 3.72. The van der Waals surface area contributed by atoms with E-state index in [4.69, 9.17) is 23.8 Å². The van der Waals surface area contributed by atoms with Gasteiger partial charge in [-0.3, -0.25) is 4.79 Å². The Morgan fingerprint density at radius 3 is 2.35 bits per heavy atom. The van der Waals surface area contributed by atoms with Crippen LogP contribution in [0.25, 0.3) is 5.70 Å². The molecule has 0 fully saturated rings. The summed E-state index contributed by atoms with van der Waals surface area (Å²) in [7, 11) is 0. The minimum Gasteiger partial charge on any atom is -0.351 e. The molecule has 0 amide bonds. The van der Waals surface area contributed by atoms with Gasteiger partial charge in [0.25, 0.3) is 0 Å². The zero-order valence-corrected chi connectivity index (χ0v) is 14.0. The lowest BCUT2D eigenvalue weighted by Gasteiger charge is -2.31. The molecular weight excluding hydrogens is 328 g/mol. The van der Waals surface area contributed by atoms with Crippen LogP contribution in [0.5, 0.6) is 0 Å². The molecule has 0 aliphatic carbocycles. The van der Waals surface area contributed by atoms with E-state index < -0.39 is 0 Å². The molecular formula is C18H15ClN2OS. The van der Waals surface area contributed by atoms with Gasteiger partial charge in [0.15, 0.2) is 10.9 Å². The number of carbonyl (C=O) groups excluding carboxylic acids is 1. The molecule has 1 aliphatic heterocycles. The lowest BCUT2D eigenvalue weighted by atomic mass is 9.90. The first-order valence-electron chi connectivity index (χ1n) is 7.20. The van der Waals surface area contributed by atoms with Crippen molar-refractivity contribution in [2.75, 3.05) is 0 Å². The summed E-state index contributed by atoms with van der Waals surface area (Å²) in [5.74, 6) is -0.00805. The Morgan fingerprint density at radius 1 is 1.09 bits per heavy atom. The summed E-state index contributed by atoms with van der Waals surface area (Å²) in [6, 6.07) is 16.8. The molecule has 0 aromatic heterocycles. The van der Waals surface area contributed by atoms with Crippen molar-refractivity contribution in [3.63, 3.8) is 0 Å². The molecule has 1 aliphatic rings. The highest BCUT2D eigenvalue weighted by Gasteiger charge is 2.29. The van der Waals surface area contributed by atoms with E-state index in [-0.39, 0.29) is 11.8 Å². The van der Waals surface area contributed by atoms with Gasteiger partial charge in [-0.15, -0.1) is 0 Å². The first kappa shape index (κ1) is 15.7. The van der Waals surface area contributed by atoms with Crippen LogP contribution < -0.4 is 10.6 Å². The number of thiocarbonyl (C=S) groups is 1. The van der Waals surface area contributed by atoms with Gasteiger partial charge in [0.05, 0.1) is 11.7 Å². The summed E-state index contributed by atoms with van der Waals surface area (Å²) in [6.07, 6.45) is 0. The number of hydrogen-bond acceptors (Lipinski definition) is 2. The van der Waals surface area contributed by atoms with Crippen LogP contribution in [0.4, 0.5) is 0 Å². The fraction of sp³-hybridized carbons (Fsp3) is 0.111. The number of hydrogen-bond donors (Lipinski definition) is 2. The third-order valence-corrected chi connectivity index (χ3v) is 4.19. The van der Waals surface area contributed by atoms with Gasteiger partial charge in [0, 0.05) is 10.6 Å². The summed E-state index contributed by atoms with van der Waals surface area (Å²) in [5.41, 5.74) is 3.28. The minimum absolute atomic E-state index is 0.00805. The van der Waals surface area contributed by atoms with Crippen molar-refractivity contribution in [3.05, 3.63) is 76.3 Å². The number of rotatable bonds is 3. The molecule has 2 aromatic rings. The molecule has 0 radical (unpaired) electrons. The van der Waals surface area contributed by atoms with Gasteiger partial charge in [-0.1, -0.05) is 54.1 Å². The average molecular weight is 343 g/mol. The standard InChI is InChI=1S/C18H15ClN2OS/c1-11(22)15-16(12-5-3-2-4-6-12)20-18(23)21-17(15)13-7-9-14(19)10-8-13/h2-10,17H,1H3,(H2,20,21,23). The number of benzene rings is 2. The van der Waals surface area contributed by atoms with Gasteiger partial charge >= 0.3 is 0 Å². The number of Topliss-reactive ketones (excluding diaryl/α,β-unsaturated/α-hetero) is 1. The summed E-state index contributed by atoms with van der Waals surface area (Å²) in [4.78, 5) is 12.3. The van der Waals surface area contributed by atoms with Gasteiger partial charge < -0.3 is 10.6 Å². The molecule has 1 heterocycles. The van der Waals surface area contributed by atoms with E-state index in [1.54, 1.807) is 6.92 Å². The Kier molecular flexibility index (Phi) is 4.46. The zero-order chi connectivity index (χ0) is 16.4. The first-order chi connectivity index (χ1) is 11.1. The molecule has 5 heteroatoms. The van der Waals surface area contributed by atoms with Crippen molar-refractivity contribution in [2.24, 2.45) is 0 Å². The van der Waals surface area contributed by atoms with Gasteiger partial charge in [-0.2, -0.15) is 0 Å². The van der Waals surface area contributed by atoms with E-state index >= 15 is 0 Å². The van der Waals surface area contributed by atoms with Crippen molar-refractivity contribution in [2.45, 2.75) is 13.0 Å². The molecule has 0 saturated carbocycles. The molecule has 23 heavy (non-hydrogen) atoms. The van der Waals surface area contributed by atoms with Crippen molar-refractivity contribution in [3.8, 4) is 0 Å². The monoisotopic (exact) mass is 342 g/mol. The quantitative estimate of drug-likeness (QED) is 0.831. The number of ketones is 1. The Morgan fingerprint density at radius 2 is 1.74 bits per heavy atom. The molecule has 0 spiro atoms. The predicted molar refractivity (Wildman–Crippen MR) is 97.1 cm³/mol. The minimum atomic E-state index is -0.297. The second-order valence-electron chi connectivity index (χ2n) is 5.29. The SMILES string of the molecule is CC(=O)C1=C(c2ccccc2)NC(=S)NC1c1ccc(Cl)cc1. The molecule has 3 rings (SSSR count). The summed E-state index contributed by atoms with van der Waals surface area (Å²) < 4.78 is 0. The smallest absolute Gasteiger partial charge is 0.171 e. The van der Waals surface area contributed by atoms with Crippen molar-refractivity contribution >= 4 is 40.4 Å². The van der Waals surface area contributed by atoms with Gasteiger partial charge in [0.1, 0.15) is 0 Å². The van der Waals surface area contributed by atoms with Crippen LogP contribution >= 0.6 is 23.8 Å². The van der Waals surface area contributed by atoms with E-state index in [1.807, 2.05) is 54.6 Å². The fourth-order valence-corrected chi connectivity index (χ4v) is 3.03. The van der Waals surface area contributed by atoms with Crippen LogP contribution in [0.3, 0.4) is 0 Å². The maximum absolute atomic E-state index is 12.3. The van der Waals surface area contributed by atoms with Crippen LogP contribution in [0.1, 0.15) is 24.1 Å². The fourth-order valence-electron chi connectivity index (χ4n) is 2.68. The molecule has 116 valence electrons. The number of carbonyl (C=O) groups is 1. The molecule has 1 atom stereocenters. The highest BCUT2D eigenvalue weighted by Crippen LogP contribution is 2.32. The zero-order valence-electron chi connectivity index (χ0n) is 12.5. The lowest BCUT2D eigenvalue weighted by Crippen LogP contribution is -2.44. The summed E-state index contributed by atoms with van der Waals surface area (Å²) in [6.45, 7) is 1.57. The Balaban J connectivity index is 2.16. The van der Waals surface area contributed by atoms with Crippen LogP contribution in [-0.4, -0.2) is 10.9 Å². The average Bonchev–Trinajstić information content (AvgIpc) is 2.55. The van der Waals surface area contributed by atoms with Crippen molar-refractivity contribution in [1.82, 2.24) is 10.6 Å². The van der Waals surface area contributed by atoms with Crippen LogP contribution in [0, 0.1) is 0 Å². The lowest BCUT2D eigenvalue weighted by molar-refractivity contribution is -0.113. The van der Waals surface area contributed by atoms with Crippen LogP contribution in [0.2, 0.25) is 5.02 Å². The maximum Gasteiger partial charge on any atom is 0.171 e. The second kappa shape index (κ2) is 6.52. The van der Waals surface area contributed by atoms with Crippen molar-refractivity contribution in [1.29, 1.82) is 0 Å². The van der Waals surface area contributed by atoms with Crippen LogP contribution in [-0.2, 0) is 4.79 Å². The molecule has 1 unspecified atom stereocenters. The highest BCUT2D eigenvalue weighted by molar-refractivity contribution is 7.80. The summed E-state index contributed by atoms with van der Waals surface area (Å²) >= 11 is 11.3. The Labute approximate surface area is 145 Å². The Bertz CT molecular complexity index is 784. The Hall–Kier alpha value is -2.17. The maximum atomic E-state index is 12.3. The van der Waals surface area contributed by atoms with Gasteiger partial charge in [-0.25, -0.2) is 0 Å².